The molecule has 0 atom stereocenters. The van der Waals surface area contributed by atoms with Gasteiger partial charge in [-0.15, -0.1) is 11.3 Å². The molecule has 20 heavy (non-hydrogen) atoms. The molecule has 0 saturated heterocycles. The largest absolute Gasteiger partial charge is 0.298 e. The van der Waals surface area contributed by atoms with Crippen LogP contribution in [0.1, 0.15) is 15.9 Å². The van der Waals surface area contributed by atoms with E-state index in [9.17, 15) is 4.79 Å². The molecule has 0 N–H and O–H groups in total. The second-order valence-electron chi connectivity index (χ2n) is 4.26. The lowest BCUT2D eigenvalue weighted by Gasteiger charge is -2.05. The molecular weight excluding hydrogens is 338 g/mol. The summed E-state index contributed by atoms with van der Waals surface area (Å²) in [4.78, 5) is 15.4. The van der Waals surface area contributed by atoms with Crippen molar-refractivity contribution in [2.75, 3.05) is 0 Å². The second kappa shape index (κ2) is 5.30. The van der Waals surface area contributed by atoms with Crippen molar-refractivity contribution in [3.05, 3.63) is 51.6 Å². The van der Waals surface area contributed by atoms with E-state index in [2.05, 4.69) is 26.0 Å². The van der Waals surface area contributed by atoms with Crippen LogP contribution in [-0.2, 0) is 0 Å². The van der Waals surface area contributed by atoms with Crippen molar-refractivity contribution in [1.82, 2.24) is 14.8 Å². The van der Waals surface area contributed by atoms with Gasteiger partial charge in [-0.25, -0.2) is 9.67 Å². The molecule has 100 valence electrons. The zero-order chi connectivity index (χ0) is 14.1. The molecule has 0 saturated carbocycles. The predicted molar refractivity (Wildman–Crippen MR) is 82.5 cm³/mol. The Balaban J connectivity index is 2.14. The Morgan fingerprint density at radius 1 is 1.40 bits per heavy atom. The fourth-order valence-electron chi connectivity index (χ4n) is 1.98. The molecule has 4 nitrogen and oxygen atoms in total. The first kappa shape index (κ1) is 13.2. The molecule has 0 radical (unpaired) electrons. The van der Waals surface area contributed by atoms with Crippen LogP contribution in [0.25, 0.3) is 16.4 Å². The molecule has 0 unspecified atom stereocenters. The Morgan fingerprint density at radius 3 is 2.90 bits per heavy atom. The number of halogens is 1. The van der Waals surface area contributed by atoms with E-state index in [1.165, 1.54) is 11.3 Å². The molecule has 0 aliphatic carbocycles. The minimum Gasteiger partial charge on any atom is -0.298 e. The number of aldehydes is 1. The number of thiazole rings is 1. The van der Waals surface area contributed by atoms with Crippen molar-refractivity contribution in [1.29, 1.82) is 0 Å². The number of hydrogen-bond donors (Lipinski definition) is 0. The van der Waals surface area contributed by atoms with E-state index >= 15 is 0 Å². The van der Waals surface area contributed by atoms with Gasteiger partial charge in [0.25, 0.3) is 0 Å². The summed E-state index contributed by atoms with van der Waals surface area (Å²) in [6, 6.07) is 5.93. The monoisotopic (exact) mass is 347 g/mol. The lowest BCUT2D eigenvalue weighted by atomic mass is 10.2. The van der Waals surface area contributed by atoms with E-state index in [-0.39, 0.29) is 0 Å². The van der Waals surface area contributed by atoms with Gasteiger partial charge in [0.15, 0.2) is 6.29 Å². The number of hydrogen-bond acceptors (Lipinski definition) is 4. The van der Waals surface area contributed by atoms with E-state index in [1.807, 2.05) is 30.5 Å². The number of aryl methyl sites for hydroxylation is 1. The number of aromatic nitrogens is 3. The highest BCUT2D eigenvalue weighted by Gasteiger charge is 2.14. The predicted octanol–water partition coefficient (Wildman–Crippen LogP) is 3.88. The van der Waals surface area contributed by atoms with Crippen molar-refractivity contribution in [2.45, 2.75) is 6.92 Å². The van der Waals surface area contributed by atoms with Crippen LogP contribution in [0.4, 0.5) is 0 Å². The van der Waals surface area contributed by atoms with Crippen LogP contribution < -0.4 is 0 Å². The van der Waals surface area contributed by atoms with Crippen LogP contribution >= 0.6 is 27.3 Å². The number of carbonyl (C=O) groups is 1. The fourth-order valence-corrected chi connectivity index (χ4v) is 3.10. The molecule has 1 aromatic carbocycles. The van der Waals surface area contributed by atoms with Gasteiger partial charge in [0, 0.05) is 22.2 Å². The fraction of sp³-hybridized carbons (Fsp3) is 0.0714. The van der Waals surface area contributed by atoms with Gasteiger partial charge in [0.1, 0.15) is 10.7 Å². The molecule has 6 heteroatoms. The lowest BCUT2D eigenvalue weighted by Crippen LogP contribution is -1.97. The van der Waals surface area contributed by atoms with Crippen molar-refractivity contribution < 1.29 is 4.79 Å². The first-order chi connectivity index (χ1) is 9.69. The molecule has 0 aliphatic heterocycles. The smallest absolute Gasteiger partial charge is 0.153 e. The van der Waals surface area contributed by atoms with Gasteiger partial charge < -0.3 is 0 Å². The molecule has 2 aromatic heterocycles. The van der Waals surface area contributed by atoms with Crippen LogP contribution in [0.5, 0.6) is 0 Å². The number of rotatable bonds is 3. The van der Waals surface area contributed by atoms with Crippen LogP contribution in [0.3, 0.4) is 0 Å². The molecule has 3 aromatic rings. The van der Waals surface area contributed by atoms with E-state index in [4.69, 9.17) is 0 Å². The highest BCUT2D eigenvalue weighted by Crippen LogP contribution is 2.26. The summed E-state index contributed by atoms with van der Waals surface area (Å²) in [7, 11) is 0. The van der Waals surface area contributed by atoms with E-state index in [0.717, 1.165) is 27.0 Å². The first-order valence-electron chi connectivity index (χ1n) is 5.90. The van der Waals surface area contributed by atoms with Gasteiger partial charge in [-0.3, -0.25) is 4.79 Å². The van der Waals surface area contributed by atoms with Crippen LogP contribution in [0, 0.1) is 6.92 Å². The quantitative estimate of drug-likeness (QED) is 0.675. The van der Waals surface area contributed by atoms with Crippen molar-refractivity contribution in [2.24, 2.45) is 0 Å². The summed E-state index contributed by atoms with van der Waals surface area (Å²) in [6.07, 6.45) is 4.26. The van der Waals surface area contributed by atoms with Crippen molar-refractivity contribution in [3.8, 4) is 16.4 Å². The van der Waals surface area contributed by atoms with Crippen molar-refractivity contribution in [3.63, 3.8) is 0 Å². The molecule has 0 amide bonds. The number of nitrogens with zero attached hydrogens (tertiary/aromatic N) is 3. The second-order valence-corrected chi connectivity index (χ2v) is 6.07. The van der Waals surface area contributed by atoms with Crippen LogP contribution in [0.15, 0.2) is 40.4 Å². The standard InChI is InChI=1S/C14H10BrN3OS/c1-9-6-11(15)2-3-12(9)18-7-10(8-19)13(17-18)14-16-4-5-20-14/h2-8H,1H3. The molecule has 0 bridgehead atoms. The van der Waals surface area contributed by atoms with Crippen LogP contribution in [0.2, 0.25) is 0 Å². The normalized spacial score (nSPS) is 10.7. The minimum atomic E-state index is 0.544. The van der Waals surface area contributed by atoms with Crippen molar-refractivity contribution >= 4 is 33.6 Å². The highest BCUT2D eigenvalue weighted by molar-refractivity contribution is 9.10. The molecule has 0 spiro atoms. The molecular formula is C14H10BrN3OS. The topological polar surface area (TPSA) is 47.8 Å². The zero-order valence-electron chi connectivity index (χ0n) is 10.6. The number of carbonyl (C=O) groups excluding carboxylic acids is 1. The van der Waals surface area contributed by atoms with Gasteiger partial charge in [-0.05, 0) is 30.7 Å². The Labute approximate surface area is 128 Å². The third kappa shape index (κ3) is 2.32. The van der Waals surface area contributed by atoms with Crippen LogP contribution in [-0.4, -0.2) is 21.1 Å². The lowest BCUT2D eigenvalue weighted by molar-refractivity contribution is 0.112. The Kier molecular flexibility index (Phi) is 3.50. The minimum absolute atomic E-state index is 0.544. The molecule has 2 heterocycles. The average molecular weight is 348 g/mol. The first-order valence-corrected chi connectivity index (χ1v) is 7.57. The Morgan fingerprint density at radius 2 is 2.25 bits per heavy atom. The zero-order valence-corrected chi connectivity index (χ0v) is 13.0. The molecule has 0 aliphatic rings. The van der Waals surface area contributed by atoms with E-state index in [1.54, 1.807) is 17.1 Å². The third-order valence-corrected chi connectivity index (χ3v) is 4.18. The van der Waals surface area contributed by atoms with Gasteiger partial charge in [-0.1, -0.05) is 15.9 Å². The Hall–Kier alpha value is -1.79. The van der Waals surface area contributed by atoms with Gasteiger partial charge in [-0.2, -0.15) is 5.10 Å². The van der Waals surface area contributed by atoms with E-state index < -0.39 is 0 Å². The summed E-state index contributed by atoms with van der Waals surface area (Å²) in [6.45, 7) is 2.01. The highest BCUT2D eigenvalue weighted by atomic mass is 79.9. The van der Waals surface area contributed by atoms with Gasteiger partial charge in [0.05, 0.1) is 11.3 Å². The van der Waals surface area contributed by atoms with E-state index in [0.29, 0.717) is 11.3 Å². The van der Waals surface area contributed by atoms with Gasteiger partial charge in [0.2, 0.25) is 0 Å². The summed E-state index contributed by atoms with van der Waals surface area (Å²) < 4.78 is 2.74. The summed E-state index contributed by atoms with van der Waals surface area (Å²) in [5.74, 6) is 0. The third-order valence-electron chi connectivity index (χ3n) is 2.91. The SMILES string of the molecule is Cc1cc(Br)ccc1-n1cc(C=O)c(-c2nccs2)n1. The summed E-state index contributed by atoms with van der Waals surface area (Å²) in [5, 5.41) is 7.12. The summed E-state index contributed by atoms with van der Waals surface area (Å²) >= 11 is 4.91. The maximum absolute atomic E-state index is 11.2. The summed E-state index contributed by atoms with van der Waals surface area (Å²) in [5.41, 5.74) is 3.18. The van der Waals surface area contributed by atoms with Gasteiger partial charge >= 0.3 is 0 Å². The molecule has 3 rings (SSSR count). The number of benzene rings is 1. The molecule has 0 fully saturated rings. The maximum Gasteiger partial charge on any atom is 0.153 e. The maximum atomic E-state index is 11.2. The Bertz CT molecular complexity index is 765. The average Bonchev–Trinajstić information content (AvgIpc) is 3.07.